The summed E-state index contributed by atoms with van der Waals surface area (Å²) in [5.41, 5.74) is 0.926. The first-order valence-electron chi connectivity index (χ1n) is 7.67. The molecule has 1 heterocycles. The number of anilines is 1. The second-order valence-corrected chi connectivity index (χ2v) is 7.13. The normalized spacial score (nSPS) is 12.9. The van der Waals surface area contributed by atoms with E-state index in [9.17, 15) is 13.2 Å². The number of rotatable bonds is 5. The number of ether oxygens (including phenoxy) is 2. The Labute approximate surface area is 150 Å². The molecule has 134 valence electrons. The van der Waals surface area contributed by atoms with E-state index in [0.29, 0.717) is 36.0 Å². The Bertz CT molecular complexity index is 965. The molecule has 1 aliphatic rings. The molecule has 0 aromatic heterocycles. The quantitative estimate of drug-likeness (QED) is 0.814. The number of nitrogens with zero attached hydrogens (tertiary/aromatic N) is 1. The van der Waals surface area contributed by atoms with E-state index in [0.717, 1.165) is 0 Å². The molecule has 0 atom stereocenters. The van der Waals surface area contributed by atoms with Gasteiger partial charge in [0.05, 0.1) is 23.1 Å². The second kappa shape index (κ2) is 7.43. The number of carbonyl (C=O) groups is 1. The van der Waals surface area contributed by atoms with E-state index in [1.165, 1.54) is 18.2 Å². The van der Waals surface area contributed by atoms with Gasteiger partial charge in [0.15, 0.2) is 11.5 Å². The number of sulfonamides is 1. The second-order valence-electron chi connectivity index (χ2n) is 5.37. The molecule has 9 heteroatoms. The minimum Gasteiger partial charge on any atom is -0.486 e. The van der Waals surface area contributed by atoms with Gasteiger partial charge in [-0.1, -0.05) is 0 Å². The van der Waals surface area contributed by atoms with Crippen LogP contribution >= 0.6 is 0 Å². The Morgan fingerprint density at radius 1 is 1.08 bits per heavy atom. The first kappa shape index (κ1) is 17.7. The van der Waals surface area contributed by atoms with Crippen molar-refractivity contribution >= 4 is 21.6 Å². The van der Waals surface area contributed by atoms with E-state index >= 15 is 0 Å². The lowest BCUT2D eigenvalue weighted by Crippen LogP contribution is -2.33. The average molecular weight is 373 g/mol. The van der Waals surface area contributed by atoms with Crippen molar-refractivity contribution < 1.29 is 22.7 Å². The van der Waals surface area contributed by atoms with E-state index in [4.69, 9.17) is 14.7 Å². The lowest BCUT2D eigenvalue weighted by atomic mass is 10.2. The van der Waals surface area contributed by atoms with E-state index in [-0.39, 0.29) is 4.90 Å². The molecule has 0 bridgehead atoms. The molecule has 2 aromatic rings. The maximum atomic E-state index is 12.3. The number of carbonyl (C=O) groups excluding carboxylic acids is 1. The van der Waals surface area contributed by atoms with Gasteiger partial charge in [-0.25, -0.2) is 13.1 Å². The Kier molecular flexibility index (Phi) is 5.06. The van der Waals surface area contributed by atoms with Crippen LogP contribution < -0.4 is 19.5 Å². The van der Waals surface area contributed by atoms with Crippen molar-refractivity contribution in [1.29, 1.82) is 5.26 Å². The molecule has 2 aromatic carbocycles. The van der Waals surface area contributed by atoms with Crippen molar-refractivity contribution in [1.82, 2.24) is 4.72 Å². The molecule has 0 saturated heterocycles. The minimum atomic E-state index is -3.88. The van der Waals surface area contributed by atoms with Crippen LogP contribution in [-0.2, 0) is 14.8 Å². The highest BCUT2D eigenvalue weighted by Crippen LogP contribution is 2.32. The summed E-state index contributed by atoms with van der Waals surface area (Å²) in [6.07, 6.45) is 0. The van der Waals surface area contributed by atoms with Crippen LogP contribution in [0.1, 0.15) is 5.56 Å². The van der Waals surface area contributed by atoms with Crippen molar-refractivity contribution in [3.63, 3.8) is 0 Å². The summed E-state index contributed by atoms with van der Waals surface area (Å²) < 4.78 is 37.6. The molecule has 26 heavy (non-hydrogen) atoms. The smallest absolute Gasteiger partial charge is 0.241 e. The van der Waals surface area contributed by atoms with Gasteiger partial charge in [-0.2, -0.15) is 5.26 Å². The predicted molar refractivity (Wildman–Crippen MR) is 92.4 cm³/mol. The van der Waals surface area contributed by atoms with Gasteiger partial charge in [0.1, 0.15) is 13.2 Å². The van der Waals surface area contributed by atoms with Gasteiger partial charge in [-0.15, -0.1) is 0 Å². The van der Waals surface area contributed by atoms with E-state index in [1.54, 1.807) is 24.3 Å². The van der Waals surface area contributed by atoms with Crippen molar-refractivity contribution in [2.24, 2.45) is 0 Å². The van der Waals surface area contributed by atoms with Crippen LogP contribution in [0.25, 0.3) is 0 Å². The minimum absolute atomic E-state index is 0.0204. The summed E-state index contributed by atoms with van der Waals surface area (Å²) in [5, 5.41) is 11.3. The molecule has 0 saturated carbocycles. The number of amides is 1. The number of fused-ring (bicyclic) bond motifs is 1. The largest absolute Gasteiger partial charge is 0.486 e. The molecule has 0 aliphatic carbocycles. The Morgan fingerprint density at radius 3 is 2.46 bits per heavy atom. The molecule has 0 radical (unpaired) electrons. The summed E-state index contributed by atoms with van der Waals surface area (Å²) in [5.74, 6) is 0.297. The summed E-state index contributed by atoms with van der Waals surface area (Å²) in [6, 6.07) is 12.4. The lowest BCUT2D eigenvalue weighted by molar-refractivity contribution is -0.115. The molecule has 1 aliphatic heterocycles. The Balaban J connectivity index is 1.62. The predicted octanol–water partition coefficient (Wildman–Crippen LogP) is 1.25. The van der Waals surface area contributed by atoms with Gasteiger partial charge in [0.2, 0.25) is 15.9 Å². The monoisotopic (exact) mass is 373 g/mol. The fourth-order valence-electron chi connectivity index (χ4n) is 2.27. The SMILES string of the molecule is N#Cc1ccc(NC(=O)CNS(=O)(=O)c2ccc3c(c2)OCCO3)cc1. The molecular weight excluding hydrogens is 358 g/mol. The van der Waals surface area contributed by atoms with Crippen LogP contribution in [0.3, 0.4) is 0 Å². The summed E-state index contributed by atoms with van der Waals surface area (Å²) in [4.78, 5) is 11.9. The maximum absolute atomic E-state index is 12.3. The van der Waals surface area contributed by atoms with Crippen LogP contribution in [0.5, 0.6) is 11.5 Å². The van der Waals surface area contributed by atoms with Crippen molar-refractivity contribution in [2.75, 3.05) is 25.1 Å². The fourth-order valence-corrected chi connectivity index (χ4v) is 3.27. The number of nitrogens with one attached hydrogen (secondary N) is 2. The topological polar surface area (TPSA) is 118 Å². The van der Waals surface area contributed by atoms with Gasteiger partial charge >= 0.3 is 0 Å². The molecule has 8 nitrogen and oxygen atoms in total. The standard InChI is InChI=1S/C17H15N3O5S/c18-10-12-1-3-13(4-2-12)20-17(21)11-19-26(22,23)14-5-6-15-16(9-14)25-8-7-24-15/h1-6,9,19H,7-8,11H2,(H,20,21). The van der Waals surface area contributed by atoms with E-state index in [2.05, 4.69) is 10.0 Å². The number of nitriles is 1. The Hall–Kier alpha value is -3.09. The number of hydrogen-bond donors (Lipinski definition) is 2. The van der Waals surface area contributed by atoms with Gasteiger partial charge in [0.25, 0.3) is 0 Å². The van der Waals surface area contributed by atoms with Gasteiger partial charge < -0.3 is 14.8 Å². The van der Waals surface area contributed by atoms with Crippen molar-refractivity contribution in [3.05, 3.63) is 48.0 Å². The summed E-state index contributed by atoms with van der Waals surface area (Å²) in [7, 11) is -3.88. The summed E-state index contributed by atoms with van der Waals surface area (Å²) >= 11 is 0. The van der Waals surface area contributed by atoms with Crippen molar-refractivity contribution in [2.45, 2.75) is 4.90 Å². The van der Waals surface area contributed by atoms with Gasteiger partial charge in [-0.05, 0) is 36.4 Å². The highest BCUT2D eigenvalue weighted by atomic mass is 32.2. The zero-order valence-electron chi connectivity index (χ0n) is 13.6. The molecule has 3 rings (SSSR count). The molecule has 0 unspecified atom stereocenters. The van der Waals surface area contributed by atoms with Gasteiger partial charge in [-0.3, -0.25) is 4.79 Å². The maximum Gasteiger partial charge on any atom is 0.241 e. The Morgan fingerprint density at radius 2 is 1.77 bits per heavy atom. The molecular formula is C17H15N3O5S. The molecule has 1 amide bonds. The highest BCUT2D eigenvalue weighted by molar-refractivity contribution is 7.89. The van der Waals surface area contributed by atoms with E-state index in [1.807, 2.05) is 6.07 Å². The van der Waals surface area contributed by atoms with Crippen LogP contribution in [0, 0.1) is 11.3 Å². The summed E-state index contributed by atoms with van der Waals surface area (Å²) in [6.45, 7) is 0.320. The first-order valence-corrected chi connectivity index (χ1v) is 9.15. The third kappa shape index (κ3) is 4.11. The fraction of sp³-hybridized carbons (Fsp3) is 0.176. The third-order valence-corrected chi connectivity index (χ3v) is 4.94. The zero-order chi connectivity index (χ0) is 18.6. The first-order chi connectivity index (χ1) is 12.5. The molecule has 2 N–H and O–H groups in total. The molecule has 0 fully saturated rings. The number of hydrogen-bond acceptors (Lipinski definition) is 6. The molecule has 0 spiro atoms. The van der Waals surface area contributed by atoms with Crippen LogP contribution in [-0.4, -0.2) is 34.1 Å². The number of benzene rings is 2. The van der Waals surface area contributed by atoms with Crippen molar-refractivity contribution in [3.8, 4) is 17.6 Å². The van der Waals surface area contributed by atoms with Crippen LogP contribution in [0.15, 0.2) is 47.4 Å². The zero-order valence-corrected chi connectivity index (χ0v) is 14.4. The van der Waals surface area contributed by atoms with Crippen LogP contribution in [0.4, 0.5) is 5.69 Å². The van der Waals surface area contributed by atoms with E-state index < -0.39 is 22.5 Å². The highest BCUT2D eigenvalue weighted by Gasteiger charge is 2.20. The lowest BCUT2D eigenvalue weighted by Gasteiger charge is -2.18. The third-order valence-electron chi connectivity index (χ3n) is 3.54. The average Bonchev–Trinajstić information content (AvgIpc) is 2.67. The van der Waals surface area contributed by atoms with Gasteiger partial charge in [0, 0.05) is 11.8 Å². The van der Waals surface area contributed by atoms with Crippen LogP contribution in [0.2, 0.25) is 0 Å².